The standard InChI is InChI=1S/C64H63N5/c1-38-15-12-18-45(33-38)62-65-63(50-23-13-21-48(46-19-10-8-16-43(46)6)60(50)68-56-29-25-39(2)34-52(56)53-35-40(3)26-30-57(53)68)67-64(66-62)51-24-14-22-49(47-20-11-9-17-44(47)7)61(51)69-58-31-27-41(4)36-54(58)55-37-42(5)28-32-59(55)69/h8-14,16-27,29-31,33-34,38,40-42,54,58H,15,28,32,35-37H2,1-7H3. The van der Waals surface area contributed by atoms with Crippen molar-refractivity contribution < 1.29 is 0 Å². The molecule has 7 aromatic rings. The number of para-hydroxylation sites is 2. The third-order valence-electron chi connectivity index (χ3n) is 16.0. The molecule has 5 aromatic carbocycles. The number of benzene rings is 5. The third-order valence-corrected chi connectivity index (χ3v) is 16.0. The number of rotatable bonds is 7. The topological polar surface area (TPSA) is 46.8 Å². The molecule has 0 spiro atoms. The van der Waals surface area contributed by atoms with Gasteiger partial charge in [0.25, 0.3) is 0 Å². The van der Waals surface area contributed by atoms with E-state index in [1.165, 1.54) is 86.2 Å². The molecule has 0 saturated heterocycles. The SMILES string of the molecule is Cc1ccc2c(c1)c1c(n2-c2c(-c3nc(C4=CC(C)CC=C4)nc(-c4cccc(-c5ccccc5C)c4N4C5=C(CC(C)CC5)C5CC(C)C=CC54)n3)cccc2-c2ccccc2C)C=CC(C)C1. The molecule has 0 amide bonds. The molecule has 5 heteroatoms. The second-order valence-corrected chi connectivity index (χ2v) is 21.2. The summed E-state index contributed by atoms with van der Waals surface area (Å²) < 4.78 is 2.53. The van der Waals surface area contributed by atoms with Crippen molar-refractivity contribution >= 4 is 28.2 Å². The Morgan fingerprint density at radius 3 is 1.94 bits per heavy atom. The van der Waals surface area contributed by atoms with E-state index in [0.29, 0.717) is 47.1 Å². The minimum Gasteiger partial charge on any atom is -0.337 e. The van der Waals surface area contributed by atoms with E-state index in [2.05, 4.69) is 204 Å². The van der Waals surface area contributed by atoms with Gasteiger partial charge in [0, 0.05) is 50.5 Å². The fourth-order valence-electron chi connectivity index (χ4n) is 12.5. The first-order valence-corrected chi connectivity index (χ1v) is 25.6. The zero-order valence-electron chi connectivity index (χ0n) is 41.3. The van der Waals surface area contributed by atoms with Gasteiger partial charge in [-0.1, -0.05) is 149 Å². The van der Waals surface area contributed by atoms with E-state index in [-0.39, 0.29) is 6.04 Å². The Morgan fingerprint density at radius 2 is 1.23 bits per heavy atom. The molecule has 12 rings (SSSR count). The summed E-state index contributed by atoms with van der Waals surface area (Å²) in [6, 6.07) is 38.5. The van der Waals surface area contributed by atoms with Gasteiger partial charge < -0.3 is 9.47 Å². The molecule has 344 valence electrons. The van der Waals surface area contributed by atoms with E-state index in [0.717, 1.165) is 47.2 Å². The zero-order valence-corrected chi connectivity index (χ0v) is 41.3. The molecule has 69 heavy (non-hydrogen) atoms. The van der Waals surface area contributed by atoms with Crippen LogP contribution in [0.1, 0.15) is 93.6 Å². The van der Waals surface area contributed by atoms with Gasteiger partial charge >= 0.3 is 0 Å². The van der Waals surface area contributed by atoms with Crippen LogP contribution in [0, 0.1) is 50.4 Å². The largest absolute Gasteiger partial charge is 0.337 e. The summed E-state index contributed by atoms with van der Waals surface area (Å²) in [5.74, 6) is 4.61. The zero-order chi connectivity index (χ0) is 47.1. The van der Waals surface area contributed by atoms with Gasteiger partial charge in [0.1, 0.15) is 0 Å². The summed E-state index contributed by atoms with van der Waals surface area (Å²) in [7, 11) is 0. The van der Waals surface area contributed by atoms with Crippen LogP contribution in [0.2, 0.25) is 0 Å². The summed E-state index contributed by atoms with van der Waals surface area (Å²) in [6.07, 6.45) is 23.2. The summed E-state index contributed by atoms with van der Waals surface area (Å²) in [6.45, 7) is 16.1. The monoisotopic (exact) mass is 902 g/mol. The molecule has 5 aliphatic rings. The Balaban J connectivity index is 1.17. The number of anilines is 1. The summed E-state index contributed by atoms with van der Waals surface area (Å²) in [5.41, 5.74) is 20.9. The number of nitrogens with zero attached hydrogens (tertiary/aromatic N) is 5. The maximum atomic E-state index is 5.79. The molecule has 0 fully saturated rings. The van der Waals surface area contributed by atoms with Crippen LogP contribution < -0.4 is 4.90 Å². The van der Waals surface area contributed by atoms with Crippen LogP contribution in [0.15, 0.2) is 151 Å². The van der Waals surface area contributed by atoms with Crippen LogP contribution in [-0.4, -0.2) is 25.6 Å². The van der Waals surface area contributed by atoms with Crippen molar-refractivity contribution in [3.8, 4) is 50.7 Å². The molecule has 0 radical (unpaired) electrons. The van der Waals surface area contributed by atoms with E-state index in [1.54, 1.807) is 5.57 Å². The van der Waals surface area contributed by atoms with Crippen molar-refractivity contribution in [3.63, 3.8) is 0 Å². The van der Waals surface area contributed by atoms with E-state index in [1.807, 2.05) is 0 Å². The van der Waals surface area contributed by atoms with Crippen molar-refractivity contribution in [2.75, 3.05) is 4.90 Å². The van der Waals surface area contributed by atoms with Gasteiger partial charge in [0.2, 0.25) is 0 Å². The van der Waals surface area contributed by atoms with Crippen molar-refractivity contribution in [1.82, 2.24) is 19.5 Å². The first kappa shape index (κ1) is 43.4. The highest BCUT2D eigenvalue weighted by molar-refractivity contribution is 5.97. The lowest BCUT2D eigenvalue weighted by atomic mass is 9.76. The average Bonchev–Trinajstić information content (AvgIpc) is 3.84. The number of fused-ring (bicyclic) bond motifs is 5. The third kappa shape index (κ3) is 7.48. The lowest BCUT2D eigenvalue weighted by Gasteiger charge is -2.36. The van der Waals surface area contributed by atoms with Gasteiger partial charge in [0.15, 0.2) is 17.5 Å². The maximum Gasteiger partial charge on any atom is 0.166 e. The van der Waals surface area contributed by atoms with Crippen LogP contribution in [-0.2, 0) is 6.42 Å². The van der Waals surface area contributed by atoms with Crippen LogP contribution >= 0.6 is 0 Å². The van der Waals surface area contributed by atoms with Gasteiger partial charge in [-0.2, -0.15) is 0 Å². The van der Waals surface area contributed by atoms with E-state index in [9.17, 15) is 0 Å². The molecule has 4 aliphatic carbocycles. The molecule has 6 atom stereocenters. The normalized spacial score (nSPS) is 22.8. The van der Waals surface area contributed by atoms with Crippen LogP contribution in [0.3, 0.4) is 0 Å². The number of aryl methyl sites for hydroxylation is 3. The van der Waals surface area contributed by atoms with Gasteiger partial charge in [0.05, 0.1) is 22.9 Å². The Morgan fingerprint density at radius 1 is 0.580 bits per heavy atom. The molecule has 1 aliphatic heterocycles. The molecule has 0 N–H and O–H groups in total. The predicted molar refractivity (Wildman–Crippen MR) is 288 cm³/mol. The molecule has 3 heterocycles. The van der Waals surface area contributed by atoms with Gasteiger partial charge in [-0.25, -0.2) is 15.0 Å². The highest BCUT2D eigenvalue weighted by atomic mass is 15.2. The van der Waals surface area contributed by atoms with Crippen molar-refractivity contribution in [2.24, 2.45) is 29.6 Å². The van der Waals surface area contributed by atoms with Crippen LogP contribution in [0.4, 0.5) is 5.69 Å². The van der Waals surface area contributed by atoms with Crippen molar-refractivity contribution in [2.45, 2.75) is 93.0 Å². The number of hydrogen-bond acceptors (Lipinski definition) is 4. The second kappa shape index (κ2) is 17.3. The molecule has 0 saturated carbocycles. The Hall–Kier alpha value is -6.85. The molecule has 6 unspecified atom stereocenters. The number of allylic oxidation sites excluding steroid dienone is 7. The average molecular weight is 902 g/mol. The minimum atomic E-state index is 0.232. The Labute approximate surface area is 408 Å². The highest BCUT2D eigenvalue weighted by Crippen LogP contribution is 2.54. The lowest BCUT2D eigenvalue weighted by molar-refractivity contribution is 0.412. The van der Waals surface area contributed by atoms with E-state index >= 15 is 0 Å². The minimum absolute atomic E-state index is 0.232. The maximum absolute atomic E-state index is 5.79. The Kier molecular flexibility index (Phi) is 10.9. The fraction of sp³-hybridized carbons (Fsp3) is 0.297. The second-order valence-electron chi connectivity index (χ2n) is 21.2. The lowest BCUT2D eigenvalue weighted by Crippen LogP contribution is -2.36. The summed E-state index contributed by atoms with van der Waals surface area (Å²) >= 11 is 0. The van der Waals surface area contributed by atoms with Gasteiger partial charge in [-0.3, -0.25) is 0 Å². The van der Waals surface area contributed by atoms with Crippen LogP contribution in [0.25, 0.3) is 73.3 Å². The van der Waals surface area contributed by atoms with E-state index in [4.69, 9.17) is 15.0 Å². The molecule has 2 aromatic heterocycles. The smallest absolute Gasteiger partial charge is 0.166 e. The van der Waals surface area contributed by atoms with Gasteiger partial charge in [-0.15, -0.1) is 0 Å². The fourth-order valence-corrected chi connectivity index (χ4v) is 12.5. The summed E-state index contributed by atoms with van der Waals surface area (Å²) in [4.78, 5) is 19.8. The quantitative estimate of drug-likeness (QED) is 0.150. The molecule has 0 bridgehead atoms. The van der Waals surface area contributed by atoms with Crippen molar-refractivity contribution in [1.29, 1.82) is 0 Å². The molecular formula is C64H63N5. The number of hydrogen-bond donors (Lipinski definition) is 0. The van der Waals surface area contributed by atoms with Crippen LogP contribution in [0.5, 0.6) is 0 Å². The first-order chi connectivity index (χ1) is 33.6. The Bertz CT molecular complexity index is 3370. The molecule has 5 nitrogen and oxygen atoms in total. The number of aromatic nitrogens is 4. The molecular weight excluding hydrogens is 839 g/mol. The predicted octanol–water partition coefficient (Wildman–Crippen LogP) is 16.1. The van der Waals surface area contributed by atoms with Crippen molar-refractivity contribution in [3.05, 3.63) is 185 Å². The van der Waals surface area contributed by atoms with E-state index < -0.39 is 0 Å². The van der Waals surface area contributed by atoms with Gasteiger partial charge in [-0.05, 0) is 147 Å². The first-order valence-electron chi connectivity index (χ1n) is 25.6. The highest BCUT2D eigenvalue weighted by Gasteiger charge is 2.45. The summed E-state index contributed by atoms with van der Waals surface area (Å²) in [5, 5.41) is 1.31.